The van der Waals surface area contributed by atoms with Crippen LogP contribution in [0.15, 0.2) is 6.20 Å². The summed E-state index contributed by atoms with van der Waals surface area (Å²) in [4.78, 5) is 8.24. The summed E-state index contributed by atoms with van der Waals surface area (Å²) in [6, 6.07) is 0.381. The molecule has 4 nitrogen and oxygen atoms in total. The topological polar surface area (TPSA) is 44.2 Å². The molecule has 1 heterocycles. The van der Waals surface area contributed by atoms with Crippen molar-refractivity contribution in [2.45, 2.75) is 26.1 Å². The number of ether oxygens (including phenoxy) is 2. The maximum Gasteiger partial charge on any atom is 0.316 e. The Bertz CT molecular complexity index is 321. The summed E-state index contributed by atoms with van der Waals surface area (Å²) in [7, 11) is 0. The average Bonchev–Trinajstić information content (AvgIpc) is 2.29. The van der Waals surface area contributed by atoms with Crippen molar-refractivity contribution in [1.82, 2.24) is 9.97 Å². The zero-order chi connectivity index (χ0) is 11.8. The highest BCUT2D eigenvalue weighted by Gasteiger charge is 2.02. The molecule has 0 fully saturated rings. The molecule has 0 aliphatic rings. The van der Waals surface area contributed by atoms with Crippen molar-refractivity contribution in [3.05, 3.63) is 17.5 Å². The molecule has 0 radical (unpaired) electrons. The van der Waals surface area contributed by atoms with Gasteiger partial charge in [0.1, 0.15) is 6.61 Å². The number of halogens is 1. The third-order valence-corrected chi connectivity index (χ3v) is 2.30. The van der Waals surface area contributed by atoms with Crippen molar-refractivity contribution < 1.29 is 9.47 Å². The van der Waals surface area contributed by atoms with Gasteiger partial charge in [0.15, 0.2) is 0 Å². The molecule has 16 heavy (non-hydrogen) atoms. The second-order valence-corrected chi connectivity index (χ2v) is 3.62. The Morgan fingerprint density at radius 3 is 2.75 bits per heavy atom. The number of nitrogens with zero attached hydrogens (tertiary/aromatic N) is 2. The highest BCUT2D eigenvalue weighted by molar-refractivity contribution is 6.17. The highest BCUT2D eigenvalue weighted by atomic mass is 35.5. The smallest absolute Gasteiger partial charge is 0.316 e. The zero-order valence-corrected chi connectivity index (χ0v) is 10.5. The van der Waals surface area contributed by atoms with Crippen LogP contribution >= 0.6 is 11.6 Å². The molecule has 0 N–H and O–H groups in total. The van der Waals surface area contributed by atoms with Crippen LogP contribution in [-0.2, 0) is 10.6 Å². The monoisotopic (exact) mass is 244 g/mol. The van der Waals surface area contributed by atoms with E-state index in [4.69, 9.17) is 21.1 Å². The summed E-state index contributed by atoms with van der Waals surface area (Å²) in [5.41, 5.74) is 1.78. The summed E-state index contributed by atoms with van der Waals surface area (Å²) in [6.07, 6.45) is 2.71. The van der Waals surface area contributed by atoms with Crippen molar-refractivity contribution in [2.24, 2.45) is 0 Å². The number of aryl methyl sites for hydroxylation is 1. The van der Waals surface area contributed by atoms with Gasteiger partial charge in [-0.25, -0.2) is 9.97 Å². The molecule has 0 atom stereocenters. The molecule has 1 rings (SSSR count). The predicted molar refractivity (Wildman–Crippen MR) is 62.9 cm³/mol. The number of rotatable bonds is 7. The Hall–Kier alpha value is -0.870. The van der Waals surface area contributed by atoms with E-state index in [2.05, 4.69) is 16.9 Å². The van der Waals surface area contributed by atoms with Gasteiger partial charge in [-0.2, -0.15) is 0 Å². The summed E-state index contributed by atoms with van der Waals surface area (Å²) in [5, 5.41) is 0. The van der Waals surface area contributed by atoms with Crippen LogP contribution in [0.5, 0.6) is 6.01 Å². The fraction of sp³-hybridized carbons (Fsp3) is 0.636. The van der Waals surface area contributed by atoms with Gasteiger partial charge in [0, 0.05) is 24.1 Å². The van der Waals surface area contributed by atoms with E-state index in [1.165, 1.54) is 0 Å². The predicted octanol–water partition coefficient (Wildman–Crippen LogP) is 2.33. The molecule has 0 aromatic carbocycles. The Kier molecular flexibility index (Phi) is 6.11. The fourth-order valence-electron chi connectivity index (χ4n) is 1.11. The van der Waals surface area contributed by atoms with Crippen LogP contribution < -0.4 is 4.74 Å². The van der Waals surface area contributed by atoms with Gasteiger partial charge in [0.25, 0.3) is 0 Å². The lowest BCUT2D eigenvalue weighted by Crippen LogP contribution is -2.09. The second kappa shape index (κ2) is 7.41. The first-order valence-electron chi connectivity index (χ1n) is 5.37. The van der Waals surface area contributed by atoms with Gasteiger partial charge >= 0.3 is 6.01 Å². The Morgan fingerprint density at radius 1 is 1.31 bits per heavy atom. The number of hydrogen-bond donors (Lipinski definition) is 0. The molecule has 0 saturated carbocycles. The fourth-order valence-corrected chi connectivity index (χ4v) is 1.37. The lowest BCUT2D eigenvalue weighted by Gasteiger charge is -2.06. The quantitative estimate of drug-likeness (QED) is 0.546. The number of aromatic nitrogens is 2. The van der Waals surface area contributed by atoms with Crippen molar-refractivity contribution in [2.75, 3.05) is 19.8 Å². The van der Waals surface area contributed by atoms with Gasteiger partial charge in [-0.15, -0.1) is 11.6 Å². The van der Waals surface area contributed by atoms with Gasteiger partial charge < -0.3 is 9.47 Å². The zero-order valence-electron chi connectivity index (χ0n) is 9.70. The SMILES string of the molecule is CCCOCCOc1ncc(CCl)c(C)n1. The van der Waals surface area contributed by atoms with Gasteiger partial charge in [-0.05, 0) is 13.3 Å². The largest absolute Gasteiger partial charge is 0.461 e. The van der Waals surface area contributed by atoms with Crippen LogP contribution in [0.4, 0.5) is 0 Å². The highest BCUT2D eigenvalue weighted by Crippen LogP contribution is 2.10. The lowest BCUT2D eigenvalue weighted by molar-refractivity contribution is 0.0971. The van der Waals surface area contributed by atoms with E-state index in [-0.39, 0.29) is 0 Å². The third kappa shape index (κ3) is 4.33. The molecule has 0 saturated heterocycles. The molecule has 90 valence electrons. The van der Waals surface area contributed by atoms with Gasteiger partial charge in [-0.3, -0.25) is 0 Å². The van der Waals surface area contributed by atoms with Gasteiger partial charge in [0.05, 0.1) is 12.5 Å². The Labute approximate surface area is 101 Å². The minimum atomic E-state index is 0.381. The van der Waals surface area contributed by atoms with Crippen LogP contribution in [0.25, 0.3) is 0 Å². The average molecular weight is 245 g/mol. The van der Waals surface area contributed by atoms with Crippen molar-refractivity contribution in [3.63, 3.8) is 0 Å². The van der Waals surface area contributed by atoms with E-state index in [1.54, 1.807) is 6.20 Å². The Balaban J connectivity index is 2.34. The van der Waals surface area contributed by atoms with E-state index in [9.17, 15) is 0 Å². The van der Waals surface area contributed by atoms with Crippen LogP contribution in [0.3, 0.4) is 0 Å². The molecule has 0 spiro atoms. The van der Waals surface area contributed by atoms with Crippen LogP contribution in [0, 0.1) is 6.92 Å². The molecule has 5 heteroatoms. The van der Waals surface area contributed by atoms with Gasteiger partial charge in [0.2, 0.25) is 0 Å². The second-order valence-electron chi connectivity index (χ2n) is 3.36. The van der Waals surface area contributed by atoms with Gasteiger partial charge in [-0.1, -0.05) is 6.92 Å². The molecular weight excluding hydrogens is 228 g/mol. The van der Waals surface area contributed by atoms with E-state index in [0.717, 1.165) is 24.3 Å². The lowest BCUT2D eigenvalue weighted by atomic mass is 10.3. The molecule has 1 aromatic rings. The minimum Gasteiger partial charge on any atom is -0.461 e. The van der Waals surface area contributed by atoms with Crippen molar-refractivity contribution in [3.8, 4) is 6.01 Å². The maximum absolute atomic E-state index is 5.71. The molecule has 0 amide bonds. The molecule has 0 aliphatic heterocycles. The number of hydrogen-bond acceptors (Lipinski definition) is 4. The normalized spacial score (nSPS) is 10.4. The minimum absolute atomic E-state index is 0.381. The number of alkyl halides is 1. The first-order chi connectivity index (χ1) is 7.77. The Morgan fingerprint density at radius 2 is 2.12 bits per heavy atom. The first-order valence-corrected chi connectivity index (χ1v) is 5.90. The molecule has 0 bridgehead atoms. The van der Waals surface area contributed by atoms with Crippen LogP contribution in [0.2, 0.25) is 0 Å². The van der Waals surface area contributed by atoms with Crippen molar-refractivity contribution in [1.29, 1.82) is 0 Å². The summed E-state index contributed by atoms with van der Waals surface area (Å²) >= 11 is 5.71. The van der Waals surface area contributed by atoms with Crippen molar-refractivity contribution >= 4 is 11.6 Å². The molecule has 0 unspecified atom stereocenters. The van der Waals surface area contributed by atoms with E-state index >= 15 is 0 Å². The van der Waals surface area contributed by atoms with E-state index in [1.807, 2.05) is 6.92 Å². The summed E-state index contributed by atoms with van der Waals surface area (Å²) in [5.74, 6) is 0.422. The van der Waals surface area contributed by atoms with Crippen LogP contribution in [0.1, 0.15) is 24.6 Å². The van der Waals surface area contributed by atoms with E-state index < -0.39 is 0 Å². The molecular formula is C11H17ClN2O2. The maximum atomic E-state index is 5.71. The summed E-state index contributed by atoms with van der Waals surface area (Å²) in [6.45, 7) is 5.75. The first kappa shape index (κ1) is 13.2. The molecule has 1 aromatic heterocycles. The standard InChI is InChI=1S/C11H17ClN2O2/c1-3-4-15-5-6-16-11-13-8-10(7-12)9(2)14-11/h8H,3-7H2,1-2H3. The van der Waals surface area contributed by atoms with Crippen LogP contribution in [-0.4, -0.2) is 29.8 Å². The molecule has 0 aliphatic carbocycles. The summed E-state index contributed by atoms with van der Waals surface area (Å²) < 4.78 is 10.6. The third-order valence-electron chi connectivity index (χ3n) is 2.01. The van der Waals surface area contributed by atoms with E-state index in [0.29, 0.717) is 25.1 Å².